The van der Waals surface area contributed by atoms with Crippen LogP contribution in [0.25, 0.3) is 17.3 Å². The van der Waals surface area contributed by atoms with Crippen molar-refractivity contribution in [1.29, 1.82) is 0 Å². The Bertz CT molecular complexity index is 695. The molecular weight excluding hydrogens is 248 g/mol. The monoisotopic (exact) mass is 266 g/mol. The van der Waals surface area contributed by atoms with Gasteiger partial charge >= 0.3 is 0 Å². The smallest absolute Gasteiger partial charge is 0.118 e. The van der Waals surface area contributed by atoms with E-state index in [2.05, 4.69) is 35.6 Å². The maximum absolute atomic E-state index is 5.31. The Hall–Kier alpha value is -2.29. The number of aryl methyl sites for hydroxylation is 2. The molecule has 3 rings (SSSR count). The summed E-state index contributed by atoms with van der Waals surface area (Å²) in [5, 5.41) is 0. The number of H-pyrrole nitrogens is 1. The number of nitrogens with one attached hydrogen (secondary N) is 1. The average molecular weight is 266 g/mol. The van der Waals surface area contributed by atoms with E-state index in [1.54, 1.807) is 13.2 Å². The molecule has 2 aromatic heterocycles. The number of rotatable bonds is 3. The van der Waals surface area contributed by atoms with Crippen LogP contribution in [0.1, 0.15) is 22.5 Å². The normalized spacial score (nSPS) is 13.6. The van der Waals surface area contributed by atoms with E-state index in [1.807, 2.05) is 12.3 Å². The third-order valence-electron chi connectivity index (χ3n) is 3.84. The Morgan fingerprint density at radius 3 is 3.05 bits per heavy atom. The Labute approximate surface area is 119 Å². The van der Waals surface area contributed by atoms with E-state index in [4.69, 9.17) is 4.74 Å². The number of pyridine rings is 1. The zero-order valence-corrected chi connectivity index (χ0v) is 11.9. The summed E-state index contributed by atoms with van der Waals surface area (Å²) in [4.78, 5) is 7.97. The summed E-state index contributed by atoms with van der Waals surface area (Å²) in [6.45, 7) is 5.87. The van der Waals surface area contributed by atoms with Crippen LogP contribution < -0.4 is 0 Å². The molecule has 3 nitrogen and oxygen atoms in total. The molecular formula is C17H18N2O. The lowest BCUT2D eigenvalue weighted by molar-refractivity contribution is 0.311. The van der Waals surface area contributed by atoms with Crippen molar-refractivity contribution in [3.63, 3.8) is 0 Å². The minimum atomic E-state index is 0.784. The second kappa shape index (κ2) is 5.00. The fraction of sp³-hybridized carbons (Fsp3) is 0.235. The molecule has 0 radical (unpaired) electrons. The fourth-order valence-corrected chi connectivity index (χ4v) is 2.83. The quantitative estimate of drug-likeness (QED) is 0.680. The van der Waals surface area contributed by atoms with Gasteiger partial charge in [-0.25, -0.2) is 0 Å². The van der Waals surface area contributed by atoms with Gasteiger partial charge in [0.1, 0.15) is 5.76 Å². The second-order valence-electron chi connectivity index (χ2n) is 4.97. The second-order valence-corrected chi connectivity index (χ2v) is 4.97. The molecule has 3 heteroatoms. The highest BCUT2D eigenvalue weighted by molar-refractivity contribution is 5.76. The molecule has 1 aliphatic carbocycles. The van der Waals surface area contributed by atoms with Crippen molar-refractivity contribution in [3.8, 4) is 11.3 Å². The number of aromatic nitrogens is 2. The van der Waals surface area contributed by atoms with Crippen LogP contribution in [-0.4, -0.2) is 17.1 Å². The highest BCUT2D eigenvalue weighted by Crippen LogP contribution is 2.36. The zero-order valence-electron chi connectivity index (χ0n) is 11.9. The molecule has 0 amide bonds. The number of fused-ring (bicyclic) bond motifs is 3. The Balaban J connectivity index is 2.17. The number of hydrogen-bond acceptors (Lipinski definition) is 2. The van der Waals surface area contributed by atoms with Crippen LogP contribution in [-0.2, 0) is 17.6 Å². The van der Waals surface area contributed by atoms with Gasteiger partial charge in [-0.15, -0.1) is 0 Å². The molecule has 0 bridgehead atoms. The molecule has 20 heavy (non-hydrogen) atoms. The molecule has 1 aliphatic rings. The van der Waals surface area contributed by atoms with Gasteiger partial charge in [0.15, 0.2) is 0 Å². The van der Waals surface area contributed by atoms with Gasteiger partial charge in [-0.3, -0.25) is 4.98 Å². The Morgan fingerprint density at radius 1 is 1.45 bits per heavy atom. The SMILES string of the molecule is C=C/C(=C\c1c(C)[nH]c2c1CCc1ncccc1-2)OC. The van der Waals surface area contributed by atoms with Gasteiger partial charge in [0.25, 0.3) is 0 Å². The van der Waals surface area contributed by atoms with Crippen molar-refractivity contribution in [2.75, 3.05) is 7.11 Å². The van der Waals surface area contributed by atoms with Crippen LogP contribution in [0, 0.1) is 6.92 Å². The first-order valence-electron chi connectivity index (χ1n) is 6.78. The minimum absolute atomic E-state index is 0.784. The predicted molar refractivity (Wildman–Crippen MR) is 81.4 cm³/mol. The summed E-state index contributed by atoms with van der Waals surface area (Å²) < 4.78 is 5.31. The summed E-state index contributed by atoms with van der Waals surface area (Å²) in [6, 6.07) is 4.12. The third kappa shape index (κ3) is 1.95. The lowest BCUT2D eigenvalue weighted by Crippen LogP contribution is -2.05. The number of aromatic amines is 1. The van der Waals surface area contributed by atoms with Crippen molar-refractivity contribution < 1.29 is 4.74 Å². The molecule has 0 atom stereocenters. The van der Waals surface area contributed by atoms with Crippen LogP contribution in [0.4, 0.5) is 0 Å². The summed E-state index contributed by atoms with van der Waals surface area (Å²) >= 11 is 0. The first-order valence-corrected chi connectivity index (χ1v) is 6.78. The van der Waals surface area contributed by atoms with Gasteiger partial charge in [-0.05, 0) is 49.6 Å². The molecule has 0 saturated heterocycles. The zero-order chi connectivity index (χ0) is 14.1. The highest BCUT2D eigenvalue weighted by atomic mass is 16.5. The van der Waals surface area contributed by atoms with Gasteiger partial charge in [0.05, 0.1) is 12.8 Å². The first kappa shape index (κ1) is 12.7. The van der Waals surface area contributed by atoms with Gasteiger partial charge < -0.3 is 9.72 Å². The summed E-state index contributed by atoms with van der Waals surface area (Å²) in [5.74, 6) is 0.784. The molecule has 0 spiro atoms. The number of allylic oxidation sites excluding steroid dienone is 1. The first-order chi connectivity index (χ1) is 9.74. The van der Waals surface area contributed by atoms with E-state index in [0.29, 0.717) is 0 Å². The van der Waals surface area contributed by atoms with E-state index in [1.165, 1.54) is 28.1 Å². The number of nitrogens with zero attached hydrogens (tertiary/aromatic N) is 1. The van der Waals surface area contributed by atoms with Crippen LogP contribution in [0.15, 0.2) is 36.7 Å². The van der Waals surface area contributed by atoms with E-state index in [0.717, 1.165) is 24.3 Å². The topological polar surface area (TPSA) is 37.9 Å². The van der Waals surface area contributed by atoms with Gasteiger partial charge in [-0.1, -0.05) is 6.58 Å². The summed E-state index contributed by atoms with van der Waals surface area (Å²) in [5.41, 5.74) is 7.30. The molecule has 0 unspecified atom stereocenters. The molecule has 2 heterocycles. The highest BCUT2D eigenvalue weighted by Gasteiger charge is 2.22. The van der Waals surface area contributed by atoms with E-state index < -0.39 is 0 Å². The molecule has 102 valence electrons. The van der Waals surface area contributed by atoms with Crippen molar-refractivity contribution in [1.82, 2.24) is 9.97 Å². The third-order valence-corrected chi connectivity index (χ3v) is 3.84. The number of ether oxygens (including phenoxy) is 1. The van der Waals surface area contributed by atoms with Crippen molar-refractivity contribution in [3.05, 3.63) is 59.3 Å². The molecule has 2 aromatic rings. The number of hydrogen-bond donors (Lipinski definition) is 1. The van der Waals surface area contributed by atoms with Crippen molar-refractivity contribution >= 4 is 6.08 Å². The van der Waals surface area contributed by atoms with Crippen LogP contribution >= 0.6 is 0 Å². The molecule has 0 aromatic carbocycles. The van der Waals surface area contributed by atoms with Crippen molar-refractivity contribution in [2.24, 2.45) is 0 Å². The standard InChI is InChI=1S/C17H18N2O/c1-4-12(20-3)10-15-11(2)19-17-13(15)7-8-16-14(17)6-5-9-18-16/h4-6,9-10,19H,1,7-8H2,2-3H3/b12-10+. The maximum Gasteiger partial charge on any atom is 0.118 e. The number of methoxy groups -OCH3 is 1. The fourth-order valence-electron chi connectivity index (χ4n) is 2.83. The van der Waals surface area contributed by atoms with Crippen LogP contribution in [0.3, 0.4) is 0 Å². The van der Waals surface area contributed by atoms with Gasteiger partial charge in [-0.2, -0.15) is 0 Å². The van der Waals surface area contributed by atoms with Gasteiger partial charge in [0, 0.05) is 28.7 Å². The maximum atomic E-state index is 5.31. The van der Waals surface area contributed by atoms with E-state index in [-0.39, 0.29) is 0 Å². The molecule has 0 aliphatic heterocycles. The summed E-state index contributed by atoms with van der Waals surface area (Å²) in [6.07, 6.45) is 7.64. The van der Waals surface area contributed by atoms with Crippen LogP contribution in [0.2, 0.25) is 0 Å². The van der Waals surface area contributed by atoms with E-state index >= 15 is 0 Å². The van der Waals surface area contributed by atoms with Crippen molar-refractivity contribution in [2.45, 2.75) is 19.8 Å². The minimum Gasteiger partial charge on any atom is -0.497 e. The largest absolute Gasteiger partial charge is 0.497 e. The Morgan fingerprint density at radius 2 is 2.30 bits per heavy atom. The molecule has 1 N–H and O–H groups in total. The Kier molecular flexibility index (Phi) is 3.18. The molecule has 0 saturated carbocycles. The molecule has 0 fully saturated rings. The lowest BCUT2D eigenvalue weighted by Gasteiger charge is -2.15. The summed E-state index contributed by atoms with van der Waals surface area (Å²) in [7, 11) is 1.67. The van der Waals surface area contributed by atoms with Gasteiger partial charge in [0.2, 0.25) is 0 Å². The average Bonchev–Trinajstić information content (AvgIpc) is 2.81. The van der Waals surface area contributed by atoms with Crippen LogP contribution in [0.5, 0.6) is 0 Å². The predicted octanol–water partition coefficient (Wildman–Crippen LogP) is 3.66. The van der Waals surface area contributed by atoms with E-state index in [9.17, 15) is 0 Å². The lowest BCUT2D eigenvalue weighted by atomic mass is 9.91.